The minimum atomic E-state index is -2.86. The summed E-state index contributed by atoms with van der Waals surface area (Å²) in [4.78, 5) is 10.9. The van der Waals surface area contributed by atoms with Crippen LogP contribution in [-0.4, -0.2) is 45.6 Å². The molecule has 0 aliphatic carbocycles. The highest BCUT2D eigenvalue weighted by Crippen LogP contribution is 1.92. The Balaban J connectivity index is 3.38. The number of hydrogen-bond acceptors (Lipinski definition) is 5. The second kappa shape index (κ2) is 8.52. The molecular weight excluding hydrogens is 230 g/mol. The molecule has 0 bridgehead atoms. The van der Waals surface area contributed by atoms with E-state index < -0.39 is 9.84 Å². The lowest BCUT2D eigenvalue weighted by Gasteiger charge is -2.04. The molecule has 0 radical (unpaired) electrons. The van der Waals surface area contributed by atoms with Crippen LogP contribution in [0.1, 0.15) is 26.7 Å². The quantitative estimate of drug-likeness (QED) is 0.473. The van der Waals surface area contributed by atoms with Crippen molar-refractivity contribution in [2.45, 2.75) is 26.7 Å². The monoisotopic (exact) mass is 251 g/mol. The van der Waals surface area contributed by atoms with Crippen LogP contribution in [0.2, 0.25) is 0 Å². The van der Waals surface area contributed by atoms with Gasteiger partial charge in [0, 0.05) is 12.3 Å². The van der Waals surface area contributed by atoms with Crippen LogP contribution in [0.25, 0.3) is 0 Å². The topological polar surface area (TPSA) is 72.5 Å². The fourth-order valence-electron chi connectivity index (χ4n) is 1.11. The van der Waals surface area contributed by atoms with Crippen LogP contribution in [-0.2, 0) is 19.4 Å². The molecule has 16 heavy (non-hydrogen) atoms. The number of rotatable bonds is 9. The summed E-state index contributed by atoms with van der Waals surface area (Å²) in [6.07, 6.45) is 0.910. The van der Waals surface area contributed by atoms with Gasteiger partial charge in [0.1, 0.15) is 9.84 Å². The van der Waals surface area contributed by atoms with Crippen molar-refractivity contribution in [2.75, 3.05) is 31.2 Å². The van der Waals surface area contributed by atoms with E-state index >= 15 is 0 Å². The van der Waals surface area contributed by atoms with Gasteiger partial charge >= 0.3 is 5.97 Å². The molecule has 0 aliphatic heterocycles. The minimum absolute atomic E-state index is 0.190. The lowest BCUT2D eigenvalue weighted by atomic mass is 10.4. The molecule has 0 fully saturated rings. The Labute approximate surface area is 97.5 Å². The zero-order valence-corrected chi connectivity index (χ0v) is 10.8. The molecule has 0 unspecified atom stereocenters. The molecule has 0 aliphatic rings. The molecule has 0 heterocycles. The van der Waals surface area contributed by atoms with Crippen molar-refractivity contribution in [3.8, 4) is 0 Å². The predicted molar refractivity (Wildman–Crippen MR) is 63.1 cm³/mol. The van der Waals surface area contributed by atoms with Gasteiger partial charge in [-0.1, -0.05) is 6.92 Å². The molecule has 5 nitrogen and oxygen atoms in total. The van der Waals surface area contributed by atoms with Crippen molar-refractivity contribution >= 4 is 15.8 Å². The largest absolute Gasteiger partial charge is 0.466 e. The molecule has 0 aromatic carbocycles. The van der Waals surface area contributed by atoms with E-state index in [0.717, 1.165) is 0 Å². The van der Waals surface area contributed by atoms with Gasteiger partial charge in [0.05, 0.1) is 18.8 Å². The fourth-order valence-corrected chi connectivity index (χ4v) is 1.98. The van der Waals surface area contributed by atoms with Crippen LogP contribution in [0.15, 0.2) is 0 Å². The highest BCUT2D eigenvalue weighted by atomic mass is 32.2. The highest BCUT2D eigenvalue weighted by molar-refractivity contribution is 7.91. The first-order chi connectivity index (χ1) is 7.52. The van der Waals surface area contributed by atoms with Gasteiger partial charge in [-0.25, -0.2) is 8.42 Å². The molecule has 0 saturated heterocycles. The molecule has 96 valence electrons. The summed E-state index contributed by atoms with van der Waals surface area (Å²) in [7, 11) is -2.86. The summed E-state index contributed by atoms with van der Waals surface area (Å²) in [5, 5.41) is 3.01. The van der Waals surface area contributed by atoms with Crippen LogP contribution in [0.4, 0.5) is 0 Å². The van der Waals surface area contributed by atoms with Crippen LogP contribution < -0.4 is 5.32 Å². The number of hydrogen-bond donors (Lipinski definition) is 1. The normalized spacial score (nSPS) is 11.4. The van der Waals surface area contributed by atoms with E-state index in [1.165, 1.54) is 0 Å². The van der Waals surface area contributed by atoms with Crippen molar-refractivity contribution in [2.24, 2.45) is 0 Å². The third kappa shape index (κ3) is 8.67. The van der Waals surface area contributed by atoms with Crippen LogP contribution in [0, 0.1) is 0 Å². The molecule has 0 rings (SSSR count). The van der Waals surface area contributed by atoms with Crippen LogP contribution in [0.3, 0.4) is 0 Å². The first-order valence-electron chi connectivity index (χ1n) is 5.58. The smallest absolute Gasteiger partial charge is 0.307 e. The zero-order chi connectivity index (χ0) is 12.4. The third-order valence-corrected chi connectivity index (χ3v) is 3.85. The van der Waals surface area contributed by atoms with Crippen molar-refractivity contribution in [3.05, 3.63) is 0 Å². The Bertz CT molecular complexity index is 287. The molecule has 0 amide bonds. The predicted octanol–water partition coefficient (Wildman–Crippen LogP) is 0.354. The van der Waals surface area contributed by atoms with Crippen molar-refractivity contribution < 1.29 is 17.9 Å². The average molecular weight is 251 g/mol. The van der Waals surface area contributed by atoms with E-state index in [1.54, 1.807) is 13.8 Å². The average Bonchev–Trinajstić information content (AvgIpc) is 2.23. The van der Waals surface area contributed by atoms with E-state index in [-0.39, 0.29) is 17.5 Å². The van der Waals surface area contributed by atoms with Gasteiger partial charge < -0.3 is 10.1 Å². The summed E-state index contributed by atoms with van der Waals surface area (Å²) < 4.78 is 27.0. The maximum absolute atomic E-state index is 11.1. The summed E-state index contributed by atoms with van der Waals surface area (Å²) in [6, 6.07) is 0. The maximum atomic E-state index is 11.1. The molecule has 0 spiro atoms. The molecule has 6 heteroatoms. The Morgan fingerprint density at radius 1 is 1.25 bits per heavy atom. The van der Waals surface area contributed by atoms with E-state index in [2.05, 4.69) is 5.32 Å². The summed E-state index contributed by atoms with van der Waals surface area (Å²) in [5.41, 5.74) is 0. The second-order valence-corrected chi connectivity index (χ2v) is 5.87. The summed E-state index contributed by atoms with van der Waals surface area (Å²) >= 11 is 0. The molecular formula is C10H21NO4S. The highest BCUT2D eigenvalue weighted by Gasteiger charge is 2.06. The SMILES string of the molecule is CCOC(=O)CCNCCCS(=O)(=O)CC. The van der Waals surface area contributed by atoms with E-state index in [4.69, 9.17) is 4.74 Å². The van der Waals surface area contributed by atoms with Gasteiger partial charge in [-0.15, -0.1) is 0 Å². The molecule has 0 aromatic rings. The van der Waals surface area contributed by atoms with Crippen molar-refractivity contribution in [1.82, 2.24) is 5.32 Å². The Morgan fingerprint density at radius 3 is 2.50 bits per heavy atom. The molecule has 0 atom stereocenters. The van der Waals surface area contributed by atoms with Gasteiger partial charge in [-0.05, 0) is 19.9 Å². The van der Waals surface area contributed by atoms with Gasteiger partial charge in [0.15, 0.2) is 0 Å². The molecule has 1 N–H and O–H groups in total. The number of carbonyl (C=O) groups is 1. The maximum Gasteiger partial charge on any atom is 0.307 e. The van der Waals surface area contributed by atoms with E-state index in [1.807, 2.05) is 0 Å². The summed E-state index contributed by atoms with van der Waals surface area (Å²) in [5.74, 6) is 0.169. The van der Waals surface area contributed by atoms with Gasteiger partial charge in [0.2, 0.25) is 0 Å². The Hall–Kier alpha value is -0.620. The van der Waals surface area contributed by atoms with Gasteiger partial charge in [-0.3, -0.25) is 4.79 Å². The number of sulfone groups is 1. The number of ether oxygens (including phenoxy) is 1. The second-order valence-electron chi connectivity index (χ2n) is 3.39. The first kappa shape index (κ1) is 15.4. The van der Waals surface area contributed by atoms with Crippen LogP contribution in [0.5, 0.6) is 0 Å². The number of carbonyl (C=O) groups excluding carboxylic acids is 1. The molecule has 0 aromatic heterocycles. The van der Waals surface area contributed by atoms with E-state index in [0.29, 0.717) is 32.5 Å². The number of esters is 1. The first-order valence-corrected chi connectivity index (χ1v) is 7.40. The fraction of sp³-hybridized carbons (Fsp3) is 0.900. The minimum Gasteiger partial charge on any atom is -0.466 e. The standard InChI is InChI=1S/C10H21NO4S/c1-3-15-10(12)6-8-11-7-5-9-16(13,14)4-2/h11H,3-9H2,1-2H3. The van der Waals surface area contributed by atoms with Crippen molar-refractivity contribution in [1.29, 1.82) is 0 Å². The lowest BCUT2D eigenvalue weighted by Crippen LogP contribution is -2.22. The Morgan fingerprint density at radius 2 is 1.94 bits per heavy atom. The van der Waals surface area contributed by atoms with Crippen molar-refractivity contribution in [3.63, 3.8) is 0 Å². The van der Waals surface area contributed by atoms with E-state index in [9.17, 15) is 13.2 Å². The zero-order valence-electron chi connectivity index (χ0n) is 9.99. The number of nitrogens with one attached hydrogen (secondary N) is 1. The Kier molecular flexibility index (Phi) is 8.19. The lowest BCUT2D eigenvalue weighted by molar-refractivity contribution is -0.142. The van der Waals surface area contributed by atoms with Crippen LogP contribution >= 0.6 is 0 Å². The third-order valence-electron chi connectivity index (χ3n) is 2.06. The van der Waals surface area contributed by atoms with Gasteiger partial charge in [-0.2, -0.15) is 0 Å². The molecule has 0 saturated carbocycles. The van der Waals surface area contributed by atoms with Gasteiger partial charge in [0.25, 0.3) is 0 Å². The summed E-state index contributed by atoms with van der Waals surface area (Å²) in [6.45, 7) is 4.95.